The molecule has 2 heterocycles. The van der Waals surface area contributed by atoms with Gasteiger partial charge < -0.3 is 9.88 Å². The fraction of sp³-hybridized carbons (Fsp3) is 0.875. The topological polar surface area (TPSA) is 46.0 Å². The van der Waals surface area contributed by atoms with Crippen LogP contribution >= 0.6 is 0 Å². The second-order valence-corrected chi connectivity index (χ2v) is 7.06. The number of fused-ring (bicyclic) bond motifs is 1. The minimum Gasteiger partial charge on any atom is -0.315 e. The van der Waals surface area contributed by atoms with Crippen LogP contribution < -0.4 is 5.32 Å². The van der Waals surface area contributed by atoms with Gasteiger partial charge in [0, 0.05) is 25.7 Å². The van der Waals surface area contributed by atoms with Crippen LogP contribution in [0.2, 0.25) is 0 Å². The molecular weight excluding hydrogens is 262 g/mol. The lowest BCUT2D eigenvalue weighted by Crippen LogP contribution is -2.50. The lowest BCUT2D eigenvalue weighted by molar-refractivity contribution is 0.0881. The van der Waals surface area contributed by atoms with Crippen LogP contribution in [0.15, 0.2) is 6.33 Å². The fourth-order valence-electron chi connectivity index (χ4n) is 4.28. The smallest absolute Gasteiger partial charge is 0.147 e. The predicted molar refractivity (Wildman–Crippen MR) is 83.8 cm³/mol. The van der Waals surface area contributed by atoms with E-state index in [1.54, 1.807) is 0 Å². The molecule has 0 radical (unpaired) electrons. The van der Waals surface area contributed by atoms with Crippen LogP contribution in [0, 0.1) is 17.8 Å². The van der Waals surface area contributed by atoms with E-state index in [4.69, 9.17) is 0 Å². The molecule has 4 unspecified atom stereocenters. The maximum Gasteiger partial charge on any atom is 0.147 e. The number of hydrogen-bond acceptors (Lipinski definition) is 4. The molecule has 1 aliphatic heterocycles. The molecule has 3 rings (SSSR count). The summed E-state index contributed by atoms with van der Waals surface area (Å²) in [5.41, 5.74) is 0. The Bertz CT molecular complexity index is 457. The molecule has 1 aliphatic carbocycles. The normalized spacial score (nSPS) is 33.9. The lowest BCUT2D eigenvalue weighted by atomic mass is 9.72. The molecule has 0 spiro atoms. The monoisotopic (exact) mass is 291 g/mol. The molecule has 4 atom stereocenters. The number of nitrogens with zero attached hydrogens (tertiary/aromatic N) is 4. The summed E-state index contributed by atoms with van der Waals surface area (Å²) >= 11 is 0. The average molecular weight is 291 g/mol. The van der Waals surface area contributed by atoms with Crippen LogP contribution in [0.5, 0.6) is 0 Å². The molecule has 1 aromatic heterocycles. The van der Waals surface area contributed by atoms with E-state index in [0.717, 1.165) is 49.8 Å². The Morgan fingerprint density at radius 2 is 2.14 bits per heavy atom. The van der Waals surface area contributed by atoms with Crippen LogP contribution in [-0.4, -0.2) is 45.3 Å². The van der Waals surface area contributed by atoms with Gasteiger partial charge in [0.25, 0.3) is 0 Å². The second kappa shape index (κ2) is 6.44. The molecule has 0 aromatic carbocycles. The van der Waals surface area contributed by atoms with Crippen molar-refractivity contribution in [2.75, 3.05) is 19.6 Å². The zero-order chi connectivity index (χ0) is 14.8. The maximum atomic E-state index is 4.24. The summed E-state index contributed by atoms with van der Waals surface area (Å²) in [6, 6.07) is 0.675. The van der Waals surface area contributed by atoms with Gasteiger partial charge in [-0.05, 0) is 37.1 Å². The Morgan fingerprint density at radius 3 is 2.95 bits per heavy atom. The molecule has 1 aromatic rings. The standard InChI is InChI=1S/C16H29N5/c1-4-17-15-8-12(2)7-13(3)14(15)9-20-5-6-21-11-18-19-16(21)10-20/h11-15,17H,4-10H2,1-3H3. The first-order valence-electron chi connectivity index (χ1n) is 8.49. The van der Waals surface area contributed by atoms with Crippen LogP contribution in [-0.2, 0) is 13.1 Å². The van der Waals surface area contributed by atoms with Crippen LogP contribution in [0.4, 0.5) is 0 Å². The van der Waals surface area contributed by atoms with Crippen molar-refractivity contribution >= 4 is 0 Å². The van der Waals surface area contributed by atoms with Crippen molar-refractivity contribution in [3.8, 4) is 0 Å². The van der Waals surface area contributed by atoms with Gasteiger partial charge in [-0.2, -0.15) is 0 Å². The van der Waals surface area contributed by atoms with Gasteiger partial charge in [0.15, 0.2) is 0 Å². The molecule has 1 fully saturated rings. The Kier molecular flexibility index (Phi) is 4.60. The highest BCUT2D eigenvalue weighted by molar-refractivity contribution is 4.93. The molecule has 2 aliphatic rings. The van der Waals surface area contributed by atoms with Crippen molar-refractivity contribution in [2.45, 2.75) is 52.7 Å². The first-order valence-corrected chi connectivity index (χ1v) is 8.49. The van der Waals surface area contributed by atoms with Crippen molar-refractivity contribution in [3.63, 3.8) is 0 Å². The third kappa shape index (κ3) is 3.29. The molecule has 1 saturated carbocycles. The summed E-state index contributed by atoms with van der Waals surface area (Å²) in [6.07, 6.45) is 4.56. The Labute approximate surface area is 128 Å². The highest BCUT2D eigenvalue weighted by Gasteiger charge is 2.35. The summed E-state index contributed by atoms with van der Waals surface area (Å²) < 4.78 is 2.19. The number of nitrogens with one attached hydrogen (secondary N) is 1. The zero-order valence-corrected chi connectivity index (χ0v) is 13.6. The third-order valence-corrected chi connectivity index (χ3v) is 5.33. The molecule has 21 heavy (non-hydrogen) atoms. The van der Waals surface area contributed by atoms with E-state index in [9.17, 15) is 0 Å². The predicted octanol–water partition coefficient (Wildman–Crippen LogP) is 1.75. The van der Waals surface area contributed by atoms with Gasteiger partial charge in [-0.25, -0.2) is 0 Å². The third-order valence-electron chi connectivity index (χ3n) is 5.33. The quantitative estimate of drug-likeness (QED) is 0.918. The summed E-state index contributed by atoms with van der Waals surface area (Å²) in [6.45, 7) is 12.5. The van der Waals surface area contributed by atoms with E-state index in [1.807, 2.05) is 6.33 Å². The molecule has 5 nitrogen and oxygen atoms in total. The minimum absolute atomic E-state index is 0.675. The maximum absolute atomic E-state index is 4.24. The summed E-state index contributed by atoms with van der Waals surface area (Å²) in [4.78, 5) is 2.57. The Balaban J connectivity index is 1.65. The molecule has 5 heteroatoms. The van der Waals surface area contributed by atoms with Gasteiger partial charge in [-0.1, -0.05) is 20.8 Å². The highest BCUT2D eigenvalue weighted by Crippen LogP contribution is 2.34. The molecule has 0 saturated heterocycles. The van der Waals surface area contributed by atoms with Crippen molar-refractivity contribution < 1.29 is 0 Å². The highest BCUT2D eigenvalue weighted by atomic mass is 15.3. The SMILES string of the molecule is CCNC1CC(C)CC(C)C1CN1CCn2cnnc2C1. The summed E-state index contributed by atoms with van der Waals surface area (Å²) in [5.74, 6) is 3.54. The van der Waals surface area contributed by atoms with Gasteiger partial charge >= 0.3 is 0 Å². The molecule has 118 valence electrons. The van der Waals surface area contributed by atoms with Gasteiger partial charge in [0.1, 0.15) is 12.2 Å². The van der Waals surface area contributed by atoms with E-state index in [0.29, 0.717) is 6.04 Å². The van der Waals surface area contributed by atoms with Gasteiger partial charge in [0.2, 0.25) is 0 Å². The minimum atomic E-state index is 0.675. The summed E-state index contributed by atoms with van der Waals surface area (Å²) in [7, 11) is 0. The Morgan fingerprint density at radius 1 is 1.29 bits per heavy atom. The van der Waals surface area contributed by atoms with Crippen molar-refractivity contribution in [1.82, 2.24) is 25.0 Å². The van der Waals surface area contributed by atoms with E-state index >= 15 is 0 Å². The second-order valence-electron chi connectivity index (χ2n) is 7.06. The van der Waals surface area contributed by atoms with E-state index in [1.165, 1.54) is 19.4 Å². The molecule has 1 N–H and O–H groups in total. The van der Waals surface area contributed by atoms with Crippen molar-refractivity contribution in [3.05, 3.63) is 12.2 Å². The van der Waals surface area contributed by atoms with Crippen LogP contribution in [0.1, 0.15) is 39.4 Å². The van der Waals surface area contributed by atoms with Gasteiger partial charge in [-0.15, -0.1) is 10.2 Å². The van der Waals surface area contributed by atoms with Gasteiger partial charge in [0.05, 0.1) is 6.54 Å². The fourth-order valence-corrected chi connectivity index (χ4v) is 4.28. The zero-order valence-electron chi connectivity index (χ0n) is 13.6. The Hall–Kier alpha value is -0.940. The number of rotatable bonds is 4. The van der Waals surface area contributed by atoms with Crippen LogP contribution in [0.25, 0.3) is 0 Å². The first-order chi connectivity index (χ1) is 10.2. The van der Waals surface area contributed by atoms with E-state index in [2.05, 4.69) is 45.8 Å². The van der Waals surface area contributed by atoms with Gasteiger partial charge in [-0.3, -0.25) is 4.90 Å². The first kappa shape index (κ1) is 15.0. The molecule has 0 bridgehead atoms. The van der Waals surface area contributed by atoms with E-state index < -0.39 is 0 Å². The van der Waals surface area contributed by atoms with Crippen LogP contribution in [0.3, 0.4) is 0 Å². The van der Waals surface area contributed by atoms with E-state index in [-0.39, 0.29) is 0 Å². The van der Waals surface area contributed by atoms with Crippen molar-refractivity contribution in [2.24, 2.45) is 17.8 Å². The number of hydrogen-bond donors (Lipinski definition) is 1. The lowest BCUT2D eigenvalue weighted by Gasteiger charge is -2.43. The summed E-state index contributed by atoms with van der Waals surface area (Å²) in [5, 5.41) is 12.0. The number of aromatic nitrogens is 3. The largest absolute Gasteiger partial charge is 0.315 e. The molecular formula is C16H29N5. The van der Waals surface area contributed by atoms with Crippen molar-refractivity contribution in [1.29, 1.82) is 0 Å². The molecule has 0 amide bonds. The average Bonchev–Trinajstić information content (AvgIpc) is 2.90.